The Balaban J connectivity index is 2.01. The molecule has 0 radical (unpaired) electrons. The maximum absolute atomic E-state index is 14.6. The second-order valence-corrected chi connectivity index (χ2v) is 12.0. The zero-order valence-electron chi connectivity index (χ0n) is 28.0. The highest BCUT2D eigenvalue weighted by Gasteiger charge is 2.28. The zero-order valence-corrected chi connectivity index (χ0v) is 28.8. The van der Waals surface area contributed by atoms with Gasteiger partial charge in [-0.25, -0.2) is 4.79 Å². The van der Waals surface area contributed by atoms with Gasteiger partial charge in [0.1, 0.15) is 11.0 Å². The highest BCUT2D eigenvalue weighted by atomic mass is 32.1. The molecule has 0 saturated heterocycles. The molecule has 0 unspecified atom stereocenters. The van der Waals surface area contributed by atoms with Crippen molar-refractivity contribution in [2.75, 3.05) is 21.3 Å². The number of nitrogens with zero attached hydrogens (tertiary/aromatic N) is 2. The van der Waals surface area contributed by atoms with E-state index in [4.69, 9.17) is 28.4 Å². The number of methoxy groups -OCH3 is 3. The third-order valence-corrected chi connectivity index (χ3v) is 7.36. The number of carboxylic acid groups (broad SMARTS) is 1. The van der Waals surface area contributed by atoms with Gasteiger partial charge in [0, 0.05) is 17.6 Å². The molecule has 0 aliphatic rings. The van der Waals surface area contributed by atoms with Crippen molar-refractivity contribution < 1.29 is 43.1 Å². The van der Waals surface area contributed by atoms with E-state index in [1.807, 2.05) is 41.5 Å². The van der Waals surface area contributed by atoms with E-state index in [0.717, 1.165) is 11.7 Å². The molecule has 1 aromatic heterocycles. The minimum atomic E-state index is -1.29. The van der Waals surface area contributed by atoms with Crippen molar-refractivity contribution >= 4 is 40.1 Å². The second-order valence-electron chi connectivity index (χ2n) is 11.5. The lowest BCUT2D eigenvalue weighted by Gasteiger charge is -2.23. The van der Waals surface area contributed by atoms with Crippen molar-refractivity contribution in [3.8, 4) is 34.5 Å². The van der Waals surface area contributed by atoms with Crippen LogP contribution in [0.4, 0.5) is 0 Å². The van der Waals surface area contributed by atoms with Gasteiger partial charge in [0.15, 0.2) is 28.8 Å². The van der Waals surface area contributed by atoms with Crippen molar-refractivity contribution in [3.63, 3.8) is 0 Å². The van der Waals surface area contributed by atoms with Gasteiger partial charge in [-0.1, -0.05) is 6.07 Å². The van der Waals surface area contributed by atoms with E-state index in [9.17, 15) is 14.7 Å². The molecule has 0 atom stereocenters. The summed E-state index contributed by atoms with van der Waals surface area (Å²) in [6, 6.07) is 11.4. The normalized spacial score (nSPS) is 11.9. The van der Waals surface area contributed by atoms with Gasteiger partial charge in [0.25, 0.3) is 0 Å². The number of carbonyl (C=O) groups excluding carboxylic acids is 1. The summed E-state index contributed by atoms with van der Waals surface area (Å²) >= 11 is 1.02. The van der Waals surface area contributed by atoms with Crippen LogP contribution in [-0.2, 0) is 11.2 Å². The Kier molecular flexibility index (Phi) is 11.3. The quantitative estimate of drug-likeness (QED) is 0.104. The third-order valence-electron chi connectivity index (χ3n) is 6.80. The molecule has 0 fully saturated rings. The first-order valence-corrected chi connectivity index (χ1v) is 15.8. The highest BCUT2D eigenvalue weighted by molar-refractivity contribution is 7.00. The molecule has 12 heteroatoms. The van der Waals surface area contributed by atoms with Crippen LogP contribution in [0.5, 0.6) is 34.5 Å². The number of rotatable bonds is 15. The standard InChI is InChI=1S/C35H40N2O9S/c1-18(2)44-29-13-21(14-30(45-19(3)4)34(29)46-20(5)6)12-24(31(35(39)40)22-10-11-25-26(15-22)37-47-36-25)32(38)23-16-27(41-7)33(43-9)28(17-23)42-8/h10-11,13-20H,12H2,1-9H3,(H,39,40)/b31-24+. The van der Waals surface area contributed by atoms with Crippen molar-refractivity contribution in [3.05, 3.63) is 64.7 Å². The summed E-state index contributed by atoms with van der Waals surface area (Å²) < 4.78 is 43.4. The summed E-state index contributed by atoms with van der Waals surface area (Å²) in [7, 11) is 4.34. The number of benzene rings is 3. The first-order chi connectivity index (χ1) is 22.4. The predicted molar refractivity (Wildman–Crippen MR) is 180 cm³/mol. The minimum absolute atomic E-state index is 0.00201. The van der Waals surface area contributed by atoms with Crippen LogP contribution in [0, 0.1) is 0 Å². The average Bonchev–Trinajstić information content (AvgIpc) is 3.48. The number of hydrogen-bond acceptors (Lipinski definition) is 11. The highest BCUT2D eigenvalue weighted by Crippen LogP contribution is 2.43. The molecule has 0 aliphatic carbocycles. The van der Waals surface area contributed by atoms with E-state index in [2.05, 4.69) is 8.75 Å². The summed E-state index contributed by atoms with van der Waals surface area (Å²) in [6.45, 7) is 11.4. The molecule has 0 spiro atoms. The van der Waals surface area contributed by atoms with Crippen LogP contribution < -0.4 is 28.4 Å². The first-order valence-electron chi connectivity index (χ1n) is 15.1. The topological polar surface area (TPSA) is 136 Å². The first kappa shape index (κ1) is 35.0. The zero-order chi connectivity index (χ0) is 34.4. The molecule has 1 heterocycles. The smallest absolute Gasteiger partial charge is 0.336 e. The molecule has 250 valence electrons. The Labute approximate surface area is 278 Å². The minimum Gasteiger partial charge on any atom is -0.493 e. The molecule has 1 N–H and O–H groups in total. The van der Waals surface area contributed by atoms with Crippen molar-refractivity contribution in [2.24, 2.45) is 0 Å². The fraction of sp³-hybridized carbons (Fsp3) is 0.371. The summed E-state index contributed by atoms with van der Waals surface area (Å²) in [5.74, 6) is 0.185. The van der Waals surface area contributed by atoms with E-state index in [0.29, 0.717) is 45.2 Å². The van der Waals surface area contributed by atoms with Crippen molar-refractivity contribution in [2.45, 2.75) is 66.3 Å². The van der Waals surface area contributed by atoms with E-state index < -0.39 is 11.8 Å². The number of hydrogen-bond donors (Lipinski definition) is 1. The Hall–Kier alpha value is -4.84. The van der Waals surface area contributed by atoms with Gasteiger partial charge in [-0.05, 0) is 89.1 Å². The van der Waals surface area contributed by atoms with Crippen LogP contribution >= 0.6 is 11.7 Å². The molecule has 0 saturated carbocycles. The largest absolute Gasteiger partial charge is 0.493 e. The van der Waals surface area contributed by atoms with Gasteiger partial charge < -0.3 is 33.5 Å². The predicted octanol–water partition coefficient (Wildman–Crippen LogP) is 7.04. The Bertz CT molecular complexity index is 1740. The maximum Gasteiger partial charge on any atom is 0.336 e. The number of Topliss-reactive ketones (excluding diaryl/α,β-unsaturated/α-hetero) is 1. The molecular weight excluding hydrogens is 624 g/mol. The van der Waals surface area contributed by atoms with Gasteiger partial charge in [-0.3, -0.25) is 4.79 Å². The third kappa shape index (κ3) is 8.12. The molecule has 0 bridgehead atoms. The molecule has 0 aliphatic heterocycles. The Morgan fingerprint density at radius 2 is 1.23 bits per heavy atom. The van der Waals surface area contributed by atoms with Gasteiger partial charge in [0.05, 0.1) is 56.9 Å². The summed E-state index contributed by atoms with van der Waals surface area (Å²) in [5, 5.41) is 10.7. The molecule has 4 rings (SSSR count). The molecule has 47 heavy (non-hydrogen) atoms. The van der Waals surface area contributed by atoms with E-state index >= 15 is 0 Å². The van der Waals surface area contributed by atoms with Crippen LogP contribution in [0.2, 0.25) is 0 Å². The number of carbonyl (C=O) groups is 2. The summed E-state index contributed by atoms with van der Waals surface area (Å²) in [6.07, 6.45) is -0.711. The van der Waals surface area contributed by atoms with Crippen LogP contribution in [0.3, 0.4) is 0 Å². The monoisotopic (exact) mass is 664 g/mol. The van der Waals surface area contributed by atoms with E-state index in [1.54, 1.807) is 30.3 Å². The molecule has 11 nitrogen and oxygen atoms in total. The fourth-order valence-corrected chi connectivity index (χ4v) is 5.52. The van der Waals surface area contributed by atoms with Crippen LogP contribution in [0.1, 0.15) is 63.0 Å². The maximum atomic E-state index is 14.6. The number of ketones is 1. The van der Waals surface area contributed by atoms with Crippen LogP contribution in [-0.4, -0.2) is 65.2 Å². The molecule has 3 aromatic carbocycles. The lowest BCUT2D eigenvalue weighted by Crippen LogP contribution is -2.16. The SMILES string of the molecule is COc1cc(C(=O)/C(Cc2cc(OC(C)C)c(OC(C)C)c(OC(C)C)c2)=C(/C(=O)O)c2ccc3nsnc3c2)cc(OC)c1OC. The van der Waals surface area contributed by atoms with E-state index in [1.165, 1.54) is 33.5 Å². The molecular formula is C35H40N2O9S. The summed E-state index contributed by atoms with van der Waals surface area (Å²) in [5.41, 5.74) is 1.94. The van der Waals surface area contributed by atoms with Crippen LogP contribution in [0.15, 0.2) is 48.0 Å². The second kappa shape index (κ2) is 15.2. The van der Waals surface area contributed by atoms with Gasteiger partial charge >= 0.3 is 5.97 Å². The number of aliphatic carboxylic acids is 1. The lowest BCUT2D eigenvalue weighted by molar-refractivity contribution is -0.130. The number of fused-ring (bicyclic) bond motifs is 1. The Morgan fingerprint density at radius 3 is 1.72 bits per heavy atom. The van der Waals surface area contributed by atoms with Crippen molar-refractivity contribution in [1.29, 1.82) is 0 Å². The number of aromatic nitrogens is 2. The average molecular weight is 665 g/mol. The fourth-order valence-electron chi connectivity index (χ4n) is 5.00. The number of carboxylic acids is 1. The lowest BCUT2D eigenvalue weighted by atomic mass is 9.89. The number of ether oxygens (including phenoxy) is 6. The van der Waals surface area contributed by atoms with Crippen LogP contribution in [0.25, 0.3) is 16.6 Å². The molecule has 0 amide bonds. The molecule has 4 aromatic rings. The van der Waals surface area contributed by atoms with Crippen molar-refractivity contribution in [1.82, 2.24) is 8.75 Å². The van der Waals surface area contributed by atoms with E-state index in [-0.39, 0.29) is 52.9 Å². The van der Waals surface area contributed by atoms with Gasteiger partial charge in [0.2, 0.25) is 11.5 Å². The van der Waals surface area contributed by atoms with Gasteiger partial charge in [-0.2, -0.15) is 8.75 Å². The van der Waals surface area contributed by atoms with Gasteiger partial charge in [-0.15, -0.1) is 0 Å². The summed E-state index contributed by atoms with van der Waals surface area (Å²) in [4.78, 5) is 27.7. The number of allylic oxidation sites excluding steroid dienone is 1. The Morgan fingerprint density at radius 1 is 0.681 bits per heavy atom.